The first-order chi connectivity index (χ1) is 14.1. The number of hydrogen-bond donors (Lipinski definition) is 1. The first-order valence-corrected chi connectivity index (χ1v) is 10.2. The average molecular weight is 432 g/mol. The van der Waals surface area contributed by atoms with E-state index in [9.17, 15) is 26.7 Å². The molecule has 2 aliphatic carbocycles. The van der Waals surface area contributed by atoms with Gasteiger partial charge in [-0.2, -0.15) is 22.0 Å². The maximum Gasteiger partial charge on any atom is 0.458 e. The number of carboxylic acids is 1. The fourth-order valence-electron chi connectivity index (χ4n) is 4.48. The average Bonchev–Trinajstić information content (AvgIpc) is 3.35. The van der Waals surface area contributed by atoms with E-state index in [1.54, 1.807) is 0 Å². The normalized spacial score (nSPS) is 18.3. The van der Waals surface area contributed by atoms with E-state index in [0.717, 1.165) is 43.7 Å². The Hall–Kier alpha value is -2.12. The van der Waals surface area contributed by atoms with E-state index in [1.807, 2.05) is 0 Å². The number of carbonyl (C=O) groups is 1. The van der Waals surface area contributed by atoms with Gasteiger partial charge < -0.3 is 9.84 Å². The first kappa shape index (κ1) is 22.6. The molecule has 30 heavy (non-hydrogen) atoms. The predicted octanol–water partition coefficient (Wildman–Crippen LogP) is 6.41. The van der Waals surface area contributed by atoms with Crippen LogP contribution in [-0.4, -0.2) is 23.9 Å². The molecule has 0 heterocycles. The lowest BCUT2D eigenvalue weighted by Gasteiger charge is -2.23. The van der Waals surface area contributed by atoms with Crippen molar-refractivity contribution in [3.63, 3.8) is 0 Å². The molecule has 3 rings (SSSR count). The van der Waals surface area contributed by atoms with Gasteiger partial charge in [0.15, 0.2) is 0 Å². The van der Waals surface area contributed by atoms with Gasteiger partial charge in [0.05, 0.1) is 0 Å². The molecule has 0 unspecified atom stereocenters. The second-order valence-corrected chi connectivity index (χ2v) is 8.04. The number of halogens is 5. The van der Waals surface area contributed by atoms with Crippen molar-refractivity contribution in [2.75, 3.05) is 6.61 Å². The number of rotatable bonds is 8. The number of ether oxygens (including phenoxy) is 1. The Morgan fingerprint density at radius 3 is 2.40 bits per heavy atom. The molecule has 0 atom stereocenters. The predicted molar refractivity (Wildman–Crippen MR) is 101 cm³/mol. The van der Waals surface area contributed by atoms with Gasteiger partial charge in [-0.3, -0.25) is 4.79 Å². The molecule has 166 valence electrons. The highest BCUT2D eigenvalue weighted by Gasteiger charge is 2.59. The summed E-state index contributed by atoms with van der Waals surface area (Å²) in [4.78, 5) is 10.7. The van der Waals surface area contributed by atoms with Gasteiger partial charge >= 0.3 is 18.1 Å². The lowest BCUT2D eigenvalue weighted by atomic mass is 9.94. The van der Waals surface area contributed by atoms with Crippen LogP contribution in [0.1, 0.15) is 62.5 Å². The zero-order chi connectivity index (χ0) is 21.9. The number of benzene rings is 1. The first-order valence-electron chi connectivity index (χ1n) is 10.2. The van der Waals surface area contributed by atoms with Crippen LogP contribution in [-0.2, 0) is 17.1 Å². The topological polar surface area (TPSA) is 46.5 Å². The van der Waals surface area contributed by atoms with Crippen molar-refractivity contribution >= 4 is 5.97 Å². The summed E-state index contributed by atoms with van der Waals surface area (Å²) >= 11 is 0. The number of aliphatic carboxylic acids is 1. The second kappa shape index (κ2) is 8.94. The molecular formula is C22H25F5O3. The van der Waals surface area contributed by atoms with Gasteiger partial charge in [0.1, 0.15) is 12.4 Å². The Balaban J connectivity index is 1.82. The minimum atomic E-state index is -5.78. The van der Waals surface area contributed by atoms with Crippen LogP contribution in [0.4, 0.5) is 22.0 Å². The summed E-state index contributed by atoms with van der Waals surface area (Å²) in [5, 5.41) is 8.76. The van der Waals surface area contributed by atoms with Gasteiger partial charge in [0.25, 0.3) is 0 Å². The van der Waals surface area contributed by atoms with E-state index < -0.39 is 36.5 Å². The standard InChI is InChI=1S/C22H25F5O3/c23-21(24,22(25,26)27)19-12-17(10-8-15(19)9-11-20(28)29)30-13-16-6-3-7-18(16)14-4-1-2-5-14/h8,10,12,14H,1-7,9,11,13H2,(H,28,29). The maximum atomic E-state index is 14.1. The molecular weight excluding hydrogens is 407 g/mol. The van der Waals surface area contributed by atoms with Crippen molar-refractivity contribution in [2.24, 2.45) is 5.92 Å². The van der Waals surface area contributed by atoms with Crippen molar-refractivity contribution in [3.8, 4) is 5.75 Å². The minimum absolute atomic E-state index is 0.0711. The molecule has 0 spiro atoms. The summed E-state index contributed by atoms with van der Waals surface area (Å²) in [5.74, 6) is -5.90. The molecule has 1 aromatic rings. The quantitative estimate of drug-likeness (QED) is 0.382. The summed E-state index contributed by atoms with van der Waals surface area (Å²) in [6, 6.07) is 3.14. The maximum absolute atomic E-state index is 14.1. The van der Waals surface area contributed by atoms with Crippen LogP contribution in [0.25, 0.3) is 0 Å². The summed E-state index contributed by atoms with van der Waals surface area (Å²) in [7, 11) is 0. The van der Waals surface area contributed by atoms with Crippen LogP contribution in [0.5, 0.6) is 5.75 Å². The highest BCUT2D eigenvalue weighted by atomic mass is 19.4. The lowest BCUT2D eigenvalue weighted by molar-refractivity contribution is -0.289. The molecule has 0 radical (unpaired) electrons. The van der Waals surface area contributed by atoms with Crippen LogP contribution in [0.3, 0.4) is 0 Å². The molecule has 0 saturated heterocycles. The third kappa shape index (κ3) is 4.95. The fraction of sp³-hybridized carbons (Fsp3) is 0.591. The van der Waals surface area contributed by atoms with Gasteiger partial charge in [-0.15, -0.1) is 0 Å². The Morgan fingerprint density at radius 1 is 1.07 bits per heavy atom. The van der Waals surface area contributed by atoms with Gasteiger partial charge in [-0.1, -0.05) is 24.5 Å². The van der Waals surface area contributed by atoms with Crippen LogP contribution in [0.2, 0.25) is 0 Å². The molecule has 1 fully saturated rings. The molecule has 2 aliphatic rings. The highest BCUT2D eigenvalue weighted by Crippen LogP contribution is 2.46. The Kier molecular flexibility index (Phi) is 6.72. The zero-order valence-corrected chi connectivity index (χ0v) is 16.5. The van der Waals surface area contributed by atoms with Crippen molar-refractivity contribution in [1.82, 2.24) is 0 Å². The van der Waals surface area contributed by atoms with E-state index in [1.165, 1.54) is 24.5 Å². The summed E-state index contributed by atoms with van der Waals surface area (Å²) in [5.41, 5.74) is 0.899. The van der Waals surface area contributed by atoms with Gasteiger partial charge in [0, 0.05) is 12.0 Å². The smallest absolute Gasteiger partial charge is 0.458 e. The SMILES string of the molecule is O=C(O)CCc1ccc(OCC2=C(C3CCCC3)CCC2)cc1C(F)(F)C(F)(F)F. The van der Waals surface area contributed by atoms with Crippen LogP contribution in [0.15, 0.2) is 29.3 Å². The van der Waals surface area contributed by atoms with Gasteiger partial charge in [0.2, 0.25) is 0 Å². The largest absolute Gasteiger partial charge is 0.489 e. The summed E-state index contributed by atoms with van der Waals surface area (Å²) < 4.78 is 72.7. The van der Waals surface area contributed by atoms with E-state index in [-0.39, 0.29) is 17.9 Å². The minimum Gasteiger partial charge on any atom is -0.489 e. The van der Waals surface area contributed by atoms with E-state index in [0.29, 0.717) is 12.0 Å². The number of allylic oxidation sites excluding steroid dienone is 1. The summed E-state index contributed by atoms with van der Waals surface area (Å²) in [6.45, 7) is 0.178. The van der Waals surface area contributed by atoms with Crippen LogP contribution >= 0.6 is 0 Å². The molecule has 8 heteroatoms. The fourth-order valence-corrected chi connectivity index (χ4v) is 4.48. The molecule has 1 aromatic carbocycles. The van der Waals surface area contributed by atoms with Crippen molar-refractivity contribution in [1.29, 1.82) is 0 Å². The van der Waals surface area contributed by atoms with E-state index in [4.69, 9.17) is 9.84 Å². The molecule has 0 aliphatic heterocycles. The number of carboxylic acid groups (broad SMARTS) is 1. The third-order valence-electron chi connectivity index (χ3n) is 6.02. The second-order valence-electron chi connectivity index (χ2n) is 8.04. The number of hydrogen-bond acceptors (Lipinski definition) is 2. The summed E-state index contributed by atoms with van der Waals surface area (Å²) in [6.07, 6.45) is 0.767. The number of aryl methyl sites for hydroxylation is 1. The molecule has 0 amide bonds. The molecule has 3 nitrogen and oxygen atoms in total. The zero-order valence-electron chi connectivity index (χ0n) is 16.5. The van der Waals surface area contributed by atoms with Gasteiger partial charge in [-0.05, 0) is 67.7 Å². The van der Waals surface area contributed by atoms with Crippen molar-refractivity contribution in [2.45, 2.75) is 69.9 Å². The molecule has 0 aromatic heterocycles. The van der Waals surface area contributed by atoms with Crippen molar-refractivity contribution in [3.05, 3.63) is 40.5 Å². The van der Waals surface area contributed by atoms with E-state index in [2.05, 4.69) is 0 Å². The Morgan fingerprint density at radius 2 is 1.77 bits per heavy atom. The van der Waals surface area contributed by atoms with Crippen molar-refractivity contribution < 1.29 is 36.6 Å². The van der Waals surface area contributed by atoms with Crippen LogP contribution < -0.4 is 4.74 Å². The monoisotopic (exact) mass is 432 g/mol. The lowest BCUT2D eigenvalue weighted by Crippen LogP contribution is -2.34. The Bertz CT molecular complexity index is 807. The Labute approximate surface area is 171 Å². The number of alkyl halides is 5. The van der Waals surface area contributed by atoms with Crippen LogP contribution in [0, 0.1) is 5.92 Å². The van der Waals surface area contributed by atoms with E-state index >= 15 is 0 Å². The molecule has 1 saturated carbocycles. The third-order valence-corrected chi connectivity index (χ3v) is 6.02. The highest BCUT2D eigenvalue weighted by molar-refractivity contribution is 5.67. The molecule has 1 N–H and O–H groups in total. The molecule has 0 bridgehead atoms. The van der Waals surface area contributed by atoms with Gasteiger partial charge in [-0.25, -0.2) is 0 Å².